The molecule has 1 aromatic heterocycles. The Morgan fingerprint density at radius 1 is 1.06 bits per heavy atom. The van der Waals surface area contributed by atoms with Gasteiger partial charge in [-0.05, 0) is 36.8 Å². The molecule has 1 N–H and O–H groups in total. The number of hydrogen-bond acceptors (Lipinski definition) is 5. The molecule has 8 heteroatoms. The van der Waals surface area contributed by atoms with Crippen LogP contribution in [-0.2, 0) is 16.1 Å². The number of fused-ring (bicyclic) bond motifs is 1. The second kappa shape index (κ2) is 9.21. The van der Waals surface area contributed by atoms with Crippen molar-refractivity contribution in [1.82, 2.24) is 14.8 Å². The fourth-order valence-corrected chi connectivity index (χ4v) is 4.95. The van der Waals surface area contributed by atoms with Crippen LogP contribution in [0.25, 0.3) is 0 Å². The summed E-state index contributed by atoms with van der Waals surface area (Å²) >= 11 is 0. The summed E-state index contributed by atoms with van der Waals surface area (Å²) in [7, 11) is 0. The highest BCUT2D eigenvalue weighted by atomic mass is 16.2. The molecule has 3 aliphatic rings. The van der Waals surface area contributed by atoms with Gasteiger partial charge in [-0.25, -0.2) is 4.98 Å². The lowest BCUT2D eigenvalue weighted by atomic mass is 9.95. The van der Waals surface area contributed by atoms with Crippen LogP contribution in [0, 0.1) is 5.92 Å². The van der Waals surface area contributed by atoms with Gasteiger partial charge in [0.25, 0.3) is 5.91 Å². The van der Waals surface area contributed by atoms with Crippen molar-refractivity contribution in [3.63, 3.8) is 0 Å². The average molecular weight is 448 g/mol. The molecule has 3 amide bonds. The summed E-state index contributed by atoms with van der Waals surface area (Å²) in [6.45, 7) is 3.65. The van der Waals surface area contributed by atoms with E-state index in [0.29, 0.717) is 49.0 Å². The predicted molar refractivity (Wildman–Crippen MR) is 125 cm³/mol. The maximum Gasteiger partial charge on any atom is 0.255 e. The molecule has 172 valence electrons. The molecule has 0 unspecified atom stereocenters. The Morgan fingerprint density at radius 3 is 2.58 bits per heavy atom. The number of amides is 3. The van der Waals surface area contributed by atoms with E-state index >= 15 is 0 Å². The molecule has 0 spiro atoms. The molecule has 8 nitrogen and oxygen atoms in total. The predicted octanol–water partition coefficient (Wildman–Crippen LogP) is 2.51. The fraction of sp³-hybridized carbons (Fsp3) is 0.440. The first-order valence-electron chi connectivity index (χ1n) is 11.7. The van der Waals surface area contributed by atoms with Crippen LogP contribution < -0.4 is 10.2 Å². The van der Waals surface area contributed by atoms with Gasteiger partial charge >= 0.3 is 0 Å². The van der Waals surface area contributed by atoms with Gasteiger partial charge in [-0.2, -0.15) is 0 Å². The van der Waals surface area contributed by atoms with Gasteiger partial charge in [-0.15, -0.1) is 0 Å². The van der Waals surface area contributed by atoms with Crippen LogP contribution in [0.4, 0.5) is 11.5 Å². The van der Waals surface area contributed by atoms with E-state index < -0.39 is 0 Å². The standard InChI is InChI=1S/C25H29N5O3/c31-22-7-4-10-29(22)16-19-8-11-28(12-9-19)25(33)20-13-21-24(26-14-20)27-15-23(32)30(21)17-18-5-2-1-3-6-18/h1-3,5-6,13-14,19H,4,7-12,15-17H2,(H,26,27). The highest BCUT2D eigenvalue weighted by Crippen LogP contribution is 2.31. The number of likely N-dealkylation sites (tertiary alicyclic amines) is 2. The van der Waals surface area contributed by atoms with Gasteiger partial charge in [0.15, 0.2) is 5.82 Å². The smallest absolute Gasteiger partial charge is 0.255 e. The largest absolute Gasteiger partial charge is 0.359 e. The van der Waals surface area contributed by atoms with E-state index in [-0.39, 0.29) is 24.3 Å². The number of carbonyl (C=O) groups is 3. The van der Waals surface area contributed by atoms with Crippen LogP contribution in [-0.4, -0.2) is 65.2 Å². The third kappa shape index (κ3) is 4.55. The lowest BCUT2D eigenvalue weighted by molar-refractivity contribution is -0.128. The lowest BCUT2D eigenvalue weighted by Gasteiger charge is -2.34. The van der Waals surface area contributed by atoms with Crippen LogP contribution in [0.1, 0.15) is 41.6 Å². The van der Waals surface area contributed by atoms with Gasteiger partial charge in [0, 0.05) is 38.8 Å². The number of nitrogens with one attached hydrogen (secondary N) is 1. The maximum atomic E-state index is 13.2. The van der Waals surface area contributed by atoms with E-state index in [0.717, 1.165) is 37.9 Å². The number of aromatic nitrogens is 1. The van der Waals surface area contributed by atoms with Crippen LogP contribution in [0.15, 0.2) is 42.6 Å². The monoisotopic (exact) mass is 447 g/mol. The molecule has 0 atom stereocenters. The van der Waals surface area contributed by atoms with Gasteiger partial charge in [0.2, 0.25) is 11.8 Å². The number of carbonyl (C=O) groups excluding carboxylic acids is 3. The van der Waals surface area contributed by atoms with Crippen molar-refractivity contribution in [3.05, 3.63) is 53.7 Å². The highest BCUT2D eigenvalue weighted by Gasteiger charge is 2.30. The van der Waals surface area contributed by atoms with E-state index in [9.17, 15) is 14.4 Å². The summed E-state index contributed by atoms with van der Waals surface area (Å²) in [6, 6.07) is 11.6. The molecule has 0 saturated carbocycles. The van der Waals surface area contributed by atoms with Crippen molar-refractivity contribution in [2.75, 3.05) is 42.9 Å². The lowest BCUT2D eigenvalue weighted by Crippen LogP contribution is -2.42. The van der Waals surface area contributed by atoms with E-state index in [4.69, 9.17) is 0 Å². The van der Waals surface area contributed by atoms with E-state index in [2.05, 4.69) is 10.3 Å². The molecular formula is C25H29N5O3. The summed E-state index contributed by atoms with van der Waals surface area (Å²) in [5.74, 6) is 1.22. The number of anilines is 2. The van der Waals surface area contributed by atoms with Crippen LogP contribution in [0.2, 0.25) is 0 Å². The Kier molecular flexibility index (Phi) is 5.98. The van der Waals surface area contributed by atoms with E-state index in [1.807, 2.05) is 40.1 Å². The first-order valence-corrected chi connectivity index (χ1v) is 11.7. The van der Waals surface area contributed by atoms with Gasteiger partial charge < -0.3 is 20.0 Å². The van der Waals surface area contributed by atoms with Crippen molar-refractivity contribution in [3.8, 4) is 0 Å². The van der Waals surface area contributed by atoms with Crippen molar-refractivity contribution >= 4 is 29.2 Å². The van der Waals surface area contributed by atoms with Crippen LogP contribution in [0.5, 0.6) is 0 Å². The molecule has 2 aromatic rings. The van der Waals surface area contributed by atoms with Gasteiger partial charge in [-0.1, -0.05) is 30.3 Å². The first kappa shape index (κ1) is 21.4. The molecule has 2 saturated heterocycles. The third-order valence-electron chi connectivity index (χ3n) is 6.85. The number of rotatable bonds is 5. The minimum absolute atomic E-state index is 0.0463. The molecule has 3 aliphatic heterocycles. The highest BCUT2D eigenvalue weighted by molar-refractivity contribution is 6.04. The minimum atomic E-state index is -0.0568. The summed E-state index contributed by atoms with van der Waals surface area (Å²) in [6.07, 6.45) is 5.02. The molecular weight excluding hydrogens is 418 g/mol. The molecule has 0 aliphatic carbocycles. The second-order valence-electron chi connectivity index (χ2n) is 9.09. The zero-order valence-electron chi connectivity index (χ0n) is 18.7. The number of piperidine rings is 1. The number of nitrogens with zero attached hydrogens (tertiary/aromatic N) is 4. The Morgan fingerprint density at radius 2 is 1.85 bits per heavy atom. The zero-order chi connectivity index (χ0) is 22.8. The Bertz CT molecular complexity index is 1050. The normalized spacial score (nSPS) is 19.0. The Hall–Kier alpha value is -3.42. The Labute approximate surface area is 193 Å². The fourth-order valence-electron chi connectivity index (χ4n) is 4.95. The van der Waals surface area contributed by atoms with Crippen molar-refractivity contribution in [2.24, 2.45) is 5.92 Å². The van der Waals surface area contributed by atoms with Crippen molar-refractivity contribution < 1.29 is 14.4 Å². The first-order chi connectivity index (χ1) is 16.1. The summed E-state index contributed by atoms with van der Waals surface area (Å²) in [4.78, 5) is 47.8. The van der Waals surface area contributed by atoms with Crippen LogP contribution >= 0.6 is 0 Å². The number of hydrogen-bond donors (Lipinski definition) is 1. The molecule has 2 fully saturated rings. The zero-order valence-corrected chi connectivity index (χ0v) is 18.7. The Balaban J connectivity index is 1.27. The number of benzene rings is 1. The molecule has 5 rings (SSSR count). The summed E-state index contributed by atoms with van der Waals surface area (Å²) in [5, 5.41) is 3.06. The molecule has 0 bridgehead atoms. The molecule has 33 heavy (non-hydrogen) atoms. The van der Waals surface area contributed by atoms with Gasteiger partial charge in [0.05, 0.1) is 24.3 Å². The minimum Gasteiger partial charge on any atom is -0.359 e. The quantitative estimate of drug-likeness (QED) is 0.761. The van der Waals surface area contributed by atoms with E-state index in [1.165, 1.54) is 0 Å². The van der Waals surface area contributed by atoms with Crippen LogP contribution in [0.3, 0.4) is 0 Å². The molecule has 1 aromatic carbocycles. The second-order valence-corrected chi connectivity index (χ2v) is 9.09. The topological polar surface area (TPSA) is 85.9 Å². The van der Waals surface area contributed by atoms with Crippen molar-refractivity contribution in [1.29, 1.82) is 0 Å². The summed E-state index contributed by atoms with van der Waals surface area (Å²) in [5.41, 5.74) is 2.16. The van der Waals surface area contributed by atoms with Crippen molar-refractivity contribution in [2.45, 2.75) is 32.2 Å². The molecule has 0 radical (unpaired) electrons. The van der Waals surface area contributed by atoms with Gasteiger partial charge in [-0.3, -0.25) is 14.4 Å². The summed E-state index contributed by atoms with van der Waals surface area (Å²) < 4.78 is 0. The SMILES string of the molecule is O=C1CCCN1CC1CCN(C(=O)c2cnc3c(c2)N(Cc2ccccc2)C(=O)CN3)CC1. The van der Waals surface area contributed by atoms with Gasteiger partial charge in [0.1, 0.15) is 0 Å². The third-order valence-corrected chi connectivity index (χ3v) is 6.85. The maximum absolute atomic E-state index is 13.2. The number of pyridine rings is 1. The molecule has 4 heterocycles. The average Bonchev–Trinajstić information content (AvgIpc) is 3.25. The van der Waals surface area contributed by atoms with E-state index in [1.54, 1.807) is 17.2 Å².